The maximum Gasteiger partial charge on any atom is 0.325 e. The minimum atomic E-state index is -0.553. The van der Waals surface area contributed by atoms with Crippen molar-refractivity contribution in [2.75, 3.05) is 11.9 Å². The van der Waals surface area contributed by atoms with Crippen LogP contribution < -0.4 is 10.6 Å². The van der Waals surface area contributed by atoms with Gasteiger partial charge in [-0.3, -0.25) is 14.5 Å². The molecule has 4 amide bonds. The molecule has 0 spiro atoms. The molecule has 1 aliphatic rings. The van der Waals surface area contributed by atoms with Crippen molar-refractivity contribution in [2.45, 2.75) is 25.8 Å². The predicted octanol–water partition coefficient (Wildman–Crippen LogP) is 2.65. The molecule has 22 heavy (non-hydrogen) atoms. The van der Waals surface area contributed by atoms with E-state index < -0.39 is 18.0 Å². The van der Waals surface area contributed by atoms with Crippen molar-refractivity contribution in [2.24, 2.45) is 0 Å². The summed E-state index contributed by atoms with van der Waals surface area (Å²) >= 11 is 11.7. The molecule has 1 aliphatic heterocycles. The average molecular weight is 344 g/mol. The number of carbonyl (C=O) groups is 3. The fourth-order valence-corrected chi connectivity index (χ4v) is 2.71. The fraction of sp³-hybridized carbons (Fsp3) is 0.357. The Bertz CT molecular complexity index is 601. The number of nitrogens with zero attached hydrogens (tertiary/aromatic N) is 1. The number of anilines is 1. The predicted molar refractivity (Wildman–Crippen MR) is 84.0 cm³/mol. The van der Waals surface area contributed by atoms with E-state index in [0.29, 0.717) is 22.2 Å². The van der Waals surface area contributed by atoms with Crippen molar-refractivity contribution in [3.63, 3.8) is 0 Å². The van der Waals surface area contributed by atoms with Gasteiger partial charge in [0.2, 0.25) is 5.91 Å². The van der Waals surface area contributed by atoms with E-state index in [-0.39, 0.29) is 12.5 Å². The summed E-state index contributed by atoms with van der Waals surface area (Å²) in [5.74, 6) is -0.884. The Morgan fingerprint density at radius 2 is 1.91 bits per heavy atom. The van der Waals surface area contributed by atoms with Crippen LogP contribution >= 0.6 is 23.2 Å². The molecule has 118 valence electrons. The van der Waals surface area contributed by atoms with Crippen LogP contribution in [0.25, 0.3) is 0 Å². The first kappa shape index (κ1) is 16.6. The molecule has 0 aliphatic carbocycles. The fourth-order valence-electron chi connectivity index (χ4n) is 2.18. The zero-order chi connectivity index (χ0) is 16.3. The average Bonchev–Trinajstić information content (AvgIpc) is 2.66. The molecule has 1 saturated heterocycles. The van der Waals surface area contributed by atoms with Crippen LogP contribution in [0, 0.1) is 0 Å². The monoisotopic (exact) mass is 343 g/mol. The summed E-state index contributed by atoms with van der Waals surface area (Å²) in [4.78, 5) is 36.6. The highest BCUT2D eigenvalue weighted by atomic mass is 35.5. The van der Waals surface area contributed by atoms with Crippen LogP contribution in [-0.4, -0.2) is 35.3 Å². The van der Waals surface area contributed by atoms with Crippen LogP contribution in [0.5, 0.6) is 0 Å². The molecule has 0 saturated carbocycles. The summed E-state index contributed by atoms with van der Waals surface area (Å²) < 4.78 is 0. The van der Waals surface area contributed by atoms with Gasteiger partial charge in [0.25, 0.3) is 5.91 Å². The van der Waals surface area contributed by atoms with Gasteiger partial charge < -0.3 is 10.6 Å². The van der Waals surface area contributed by atoms with Crippen molar-refractivity contribution in [1.29, 1.82) is 0 Å². The molecule has 1 atom stereocenters. The van der Waals surface area contributed by atoms with Crippen LogP contribution in [0.1, 0.15) is 19.8 Å². The quantitative estimate of drug-likeness (QED) is 0.806. The summed E-state index contributed by atoms with van der Waals surface area (Å²) in [6, 6.07) is 3.48. The second kappa shape index (κ2) is 6.98. The number of amides is 4. The Morgan fingerprint density at radius 1 is 1.27 bits per heavy atom. The number of hydrogen-bond acceptors (Lipinski definition) is 3. The van der Waals surface area contributed by atoms with Crippen molar-refractivity contribution < 1.29 is 14.4 Å². The zero-order valence-corrected chi connectivity index (χ0v) is 13.4. The number of nitrogens with one attached hydrogen (secondary N) is 2. The number of carbonyl (C=O) groups excluding carboxylic acids is 3. The Hall–Kier alpha value is -1.79. The standard InChI is InChI=1S/C14H15Cl2N3O3/c1-2-3-11-13(21)19(14(22)18-11)7-12(20)17-10-5-8(15)4-9(16)6-10/h4-6,11H,2-3,7H2,1H3,(H,17,20)(H,18,22)/t11-/m0/s1. The summed E-state index contributed by atoms with van der Waals surface area (Å²) in [6.45, 7) is 1.56. The van der Waals surface area contributed by atoms with Gasteiger partial charge in [0.1, 0.15) is 12.6 Å². The molecule has 8 heteroatoms. The molecule has 6 nitrogen and oxygen atoms in total. The molecule has 0 bridgehead atoms. The summed E-state index contributed by atoms with van der Waals surface area (Å²) in [7, 11) is 0. The smallest absolute Gasteiger partial charge is 0.325 e. The lowest BCUT2D eigenvalue weighted by Gasteiger charge is -2.13. The van der Waals surface area contributed by atoms with Crippen LogP contribution in [0.15, 0.2) is 18.2 Å². The third-order valence-electron chi connectivity index (χ3n) is 3.13. The van der Waals surface area contributed by atoms with Crippen LogP contribution in [0.4, 0.5) is 10.5 Å². The van der Waals surface area contributed by atoms with Gasteiger partial charge >= 0.3 is 6.03 Å². The molecule has 0 unspecified atom stereocenters. The van der Waals surface area contributed by atoms with E-state index in [1.807, 2.05) is 6.92 Å². The number of imide groups is 1. The Morgan fingerprint density at radius 3 is 2.50 bits per heavy atom. The lowest BCUT2D eigenvalue weighted by molar-refractivity contribution is -0.130. The Kier molecular flexibility index (Phi) is 5.26. The first-order valence-corrected chi connectivity index (χ1v) is 7.54. The van der Waals surface area contributed by atoms with E-state index in [1.165, 1.54) is 18.2 Å². The highest BCUT2D eigenvalue weighted by molar-refractivity contribution is 6.35. The van der Waals surface area contributed by atoms with E-state index in [2.05, 4.69) is 10.6 Å². The molecular formula is C14H15Cl2N3O3. The molecule has 2 N–H and O–H groups in total. The summed E-state index contributed by atoms with van der Waals surface area (Å²) in [5.41, 5.74) is 0.402. The number of halogens is 2. The molecule has 2 rings (SSSR count). The van der Waals surface area contributed by atoms with E-state index in [1.54, 1.807) is 0 Å². The van der Waals surface area contributed by atoms with Gasteiger partial charge in [-0.25, -0.2) is 4.79 Å². The third kappa shape index (κ3) is 3.90. The first-order chi connectivity index (χ1) is 10.4. The molecule has 1 heterocycles. The van der Waals surface area contributed by atoms with Crippen LogP contribution in [-0.2, 0) is 9.59 Å². The van der Waals surface area contributed by atoms with E-state index in [0.717, 1.165) is 11.3 Å². The minimum absolute atomic E-state index is 0.352. The van der Waals surface area contributed by atoms with Gasteiger partial charge in [0.05, 0.1) is 0 Å². The molecule has 0 aromatic heterocycles. The maximum atomic E-state index is 12.0. The van der Waals surface area contributed by atoms with Crippen LogP contribution in [0.2, 0.25) is 10.0 Å². The normalized spacial score (nSPS) is 17.6. The third-order valence-corrected chi connectivity index (χ3v) is 3.57. The summed E-state index contributed by atoms with van der Waals surface area (Å²) in [5, 5.41) is 5.87. The largest absolute Gasteiger partial charge is 0.326 e. The van der Waals surface area contributed by atoms with E-state index >= 15 is 0 Å². The highest BCUT2D eigenvalue weighted by Gasteiger charge is 2.38. The van der Waals surface area contributed by atoms with Crippen molar-refractivity contribution in [1.82, 2.24) is 10.2 Å². The van der Waals surface area contributed by atoms with Crippen molar-refractivity contribution in [3.05, 3.63) is 28.2 Å². The molecule has 1 aromatic carbocycles. The number of urea groups is 1. The second-order valence-corrected chi connectivity index (χ2v) is 5.79. The van der Waals surface area contributed by atoms with Crippen molar-refractivity contribution >= 4 is 46.7 Å². The highest BCUT2D eigenvalue weighted by Crippen LogP contribution is 2.22. The lowest BCUT2D eigenvalue weighted by atomic mass is 10.2. The summed E-state index contributed by atoms with van der Waals surface area (Å²) in [6.07, 6.45) is 1.31. The lowest BCUT2D eigenvalue weighted by Crippen LogP contribution is -2.38. The number of rotatable bonds is 5. The topological polar surface area (TPSA) is 78.5 Å². The SMILES string of the molecule is CCC[C@@H]1NC(=O)N(CC(=O)Nc2cc(Cl)cc(Cl)c2)C1=O. The minimum Gasteiger partial charge on any atom is -0.326 e. The van der Waals surface area contributed by atoms with Gasteiger partial charge in [0.15, 0.2) is 0 Å². The second-order valence-electron chi connectivity index (χ2n) is 4.92. The molecule has 1 aromatic rings. The van der Waals surface area contributed by atoms with Crippen molar-refractivity contribution in [3.8, 4) is 0 Å². The molecule has 0 radical (unpaired) electrons. The number of benzene rings is 1. The van der Waals surface area contributed by atoms with Gasteiger partial charge in [-0.1, -0.05) is 36.5 Å². The van der Waals surface area contributed by atoms with Gasteiger partial charge in [0, 0.05) is 15.7 Å². The Labute approximate surface area is 137 Å². The first-order valence-electron chi connectivity index (χ1n) is 6.78. The van der Waals surface area contributed by atoms with Gasteiger partial charge in [-0.05, 0) is 24.6 Å². The number of hydrogen-bond donors (Lipinski definition) is 2. The molecule has 1 fully saturated rings. The van der Waals surface area contributed by atoms with Gasteiger partial charge in [-0.2, -0.15) is 0 Å². The zero-order valence-electron chi connectivity index (χ0n) is 11.9. The molecular weight excluding hydrogens is 329 g/mol. The Balaban J connectivity index is 2.00. The van der Waals surface area contributed by atoms with E-state index in [4.69, 9.17) is 23.2 Å². The van der Waals surface area contributed by atoms with Crippen LogP contribution in [0.3, 0.4) is 0 Å². The maximum absolute atomic E-state index is 12.0. The van der Waals surface area contributed by atoms with Gasteiger partial charge in [-0.15, -0.1) is 0 Å². The van der Waals surface area contributed by atoms with E-state index in [9.17, 15) is 14.4 Å².